The van der Waals surface area contributed by atoms with Crippen molar-refractivity contribution in [3.8, 4) is 0 Å². The van der Waals surface area contributed by atoms with Crippen LogP contribution in [-0.4, -0.2) is 47.8 Å². The van der Waals surface area contributed by atoms with Crippen molar-refractivity contribution >= 4 is 17.7 Å². The van der Waals surface area contributed by atoms with Crippen LogP contribution in [0.2, 0.25) is 0 Å². The highest BCUT2D eigenvalue weighted by molar-refractivity contribution is 6.05. The number of hydrogen-bond donors (Lipinski definition) is 3. The van der Waals surface area contributed by atoms with Crippen molar-refractivity contribution in [1.29, 1.82) is 0 Å². The van der Waals surface area contributed by atoms with Crippen LogP contribution >= 0.6 is 0 Å². The molecule has 3 aliphatic rings. The average Bonchev–Trinajstić information content (AvgIpc) is 3.04. The van der Waals surface area contributed by atoms with Crippen LogP contribution < -0.4 is 16.0 Å². The van der Waals surface area contributed by atoms with E-state index in [1.165, 1.54) is 12.8 Å². The van der Waals surface area contributed by atoms with E-state index in [9.17, 15) is 14.4 Å². The normalized spacial score (nSPS) is 24.2. The van der Waals surface area contributed by atoms with Crippen molar-refractivity contribution in [2.75, 3.05) is 13.1 Å². The molecule has 3 N–H and O–H groups in total. The van der Waals surface area contributed by atoms with Gasteiger partial charge in [-0.1, -0.05) is 18.2 Å². The minimum Gasteiger partial charge on any atom is -0.322 e. The van der Waals surface area contributed by atoms with Gasteiger partial charge in [0.1, 0.15) is 6.04 Å². The van der Waals surface area contributed by atoms with Crippen molar-refractivity contribution in [3.63, 3.8) is 0 Å². The summed E-state index contributed by atoms with van der Waals surface area (Å²) >= 11 is 0. The van der Waals surface area contributed by atoms with Crippen LogP contribution in [0.15, 0.2) is 18.2 Å². The zero-order valence-corrected chi connectivity index (χ0v) is 16.3. The molecule has 0 radical (unpaired) electrons. The smallest absolute Gasteiger partial charge is 0.255 e. The monoisotopic (exact) mass is 384 g/mol. The zero-order valence-electron chi connectivity index (χ0n) is 16.3. The first-order valence-electron chi connectivity index (χ1n) is 10.2. The molecular formula is C21H28N4O3. The second-order valence-electron chi connectivity index (χ2n) is 8.11. The predicted molar refractivity (Wildman–Crippen MR) is 104 cm³/mol. The van der Waals surface area contributed by atoms with E-state index in [1.54, 1.807) is 4.90 Å². The lowest BCUT2D eigenvalue weighted by molar-refractivity contribution is -0.136. The summed E-state index contributed by atoms with van der Waals surface area (Å²) in [6.07, 6.45) is 3.01. The van der Waals surface area contributed by atoms with Gasteiger partial charge in [0.15, 0.2) is 0 Å². The van der Waals surface area contributed by atoms with E-state index in [2.05, 4.69) is 22.9 Å². The van der Waals surface area contributed by atoms with Gasteiger partial charge in [0, 0.05) is 31.1 Å². The lowest BCUT2D eigenvalue weighted by atomic mass is 9.91. The number of fused-ring (bicyclic) bond motifs is 1. The maximum Gasteiger partial charge on any atom is 0.255 e. The Morgan fingerprint density at radius 1 is 1.18 bits per heavy atom. The Labute approximate surface area is 165 Å². The van der Waals surface area contributed by atoms with Gasteiger partial charge in [0.25, 0.3) is 5.91 Å². The number of piperidine rings is 2. The maximum atomic E-state index is 13.1. The summed E-state index contributed by atoms with van der Waals surface area (Å²) in [5, 5.41) is 9.35. The van der Waals surface area contributed by atoms with Crippen molar-refractivity contribution in [3.05, 3.63) is 34.9 Å². The third-order valence-electron chi connectivity index (χ3n) is 6.34. The number of nitrogens with one attached hydrogen (secondary N) is 3. The van der Waals surface area contributed by atoms with Gasteiger partial charge in [-0.25, -0.2) is 0 Å². The third kappa shape index (κ3) is 3.69. The molecular weight excluding hydrogens is 356 g/mol. The molecule has 2 atom stereocenters. The SMILES string of the molecule is CC(NCc1cccc2c1C(=O)N(C1CCC(=O)NC1=O)C2)C1CCNCC1. The Morgan fingerprint density at radius 2 is 1.96 bits per heavy atom. The van der Waals surface area contributed by atoms with Gasteiger partial charge in [-0.05, 0) is 56.3 Å². The molecule has 0 bridgehead atoms. The summed E-state index contributed by atoms with van der Waals surface area (Å²) in [5.74, 6) is -0.0797. The molecule has 3 aliphatic heterocycles. The Morgan fingerprint density at radius 3 is 2.71 bits per heavy atom. The summed E-state index contributed by atoms with van der Waals surface area (Å²) in [6, 6.07) is 5.76. The Hall–Kier alpha value is -2.25. The topological polar surface area (TPSA) is 90.5 Å². The number of rotatable bonds is 5. The number of carbonyl (C=O) groups excluding carboxylic acids is 3. The van der Waals surface area contributed by atoms with Crippen LogP contribution in [0.5, 0.6) is 0 Å². The van der Waals surface area contributed by atoms with E-state index in [1.807, 2.05) is 18.2 Å². The molecule has 3 amide bonds. The van der Waals surface area contributed by atoms with Crippen molar-refractivity contribution in [2.45, 2.75) is 57.8 Å². The summed E-state index contributed by atoms with van der Waals surface area (Å²) in [4.78, 5) is 38.4. The summed E-state index contributed by atoms with van der Waals surface area (Å²) in [5.41, 5.74) is 2.67. The number of carbonyl (C=O) groups is 3. The maximum absolute atomic E-state index is 13.1. The lowest BCUT2D eigenvalue weighted by Gasteiger charge is -2.29. The van der Waals surface area contributed by atoms with E-state index in [-0.39, 0.29) is 24.1 Å². The van der Waals surface area contributed by atoms with Crippen molar-refractivity contribution in [1.82, 2.24) is 20.9 Å². The molecule has 1 aromatic rings. The Balaban J connectivity index is 1.46. The third-order valence-corrected chi connectivity index (χ3v) is 6.34. The fourth-order valence-corrected chi connectivity index (χ4v) is 4.62. The van der Waals surface area contributed by atoms with Gasteiger partial charge < -0.3 is 15.5 Å². The minimum absolute atomic E-state index is 0.101. The van der Waals surface area contributed by atoms with Gasteiger partial charge in [-0.3, -0.25) is 19.7 Å². The summed E-state index contributed by atoms with van der Waals surface area (Å²) < 4.78 is 0. The van der Waals surface area contributed by atoms with Crippen molar-refractivity contribution in [2.24, 2.45) is 5.92 Å². The van der Waals surface area contributed by atoms with Crippen LogP contribution in [0.1, 0.15) is 54.1 Å². The molecule has 150 valence electrons. The van der Waals surface area contributed by atoms with Gasteiger partial charge in [-0.2, -0.15) is 0 Å². The molecule has 0 saturated carbocycles. The lowest BCUT2D eigenvalue weighted by Crippen LogP contribution is -2.52. The number of benzene rings is 1. The predicted octanol–water partition coefficient (Wildman–Crippen LogP) is 0.925. The molecule has 7 heteroatoms. The van der Waals surface area contributed by atoms with E-state index in [0.717, 1.165) is 29.8 Å². The molecule has 2 fully saturated rings. The molecule has 4 rings (SSSR count). The molecule has 0 aliphatic carbocycles. The number of imide groups is 1. The molecule has 28 heavy (non-hydrogen) atoms. The highest BCUT2D eigenvalue weighted by atomic mass is 16.2. The zero-order chi connectivity index (χ0) is 19.7. The second-order valence-corrected chi connectivity index (χ2v) is 8.11. The first-order chi connectivity index (χ1) is 13.5. The van der Waals surface area contributed by atoms with Crippen LogP contribution in [0, 0.1) is 5.92 Å². The van der Waals surface area contributed by atoms with Gasteiger partial charge >= 0.3 is 0 Å². The molecule has 0 aromatic heterocycles. The summed E-state index contributed by atoms with van der Waals surface area (Å²) in [6.45, 7) is 5.42. The first-order valence-corrected chi connectivity index (χ1v) is 10.2. The molecule has 0 spiro atoms. The van der Waals surface area contributed by atoms with E-state index in [0.29, 0.717) is 31.5 Å². The fraction of sp³-hybridized carbons (Fsp3) is 0.571. The molecule has 7 nitrogen and oxygen atoms in total. The van der Waals surface area contributed by atoms with E-state index >= 15 is 0 Å². The molecule has 2 saturated heterocycles. The van der Waals surface area contributed by atoms with Crippen LogP contribution in [0.25, 0.3) is 0 Å². The Bertz CT molecular complexity index is 788. The van der Waals surface area contributed by atoms with Crippen LogP contribution in [-0.2, 0) is 22.7 Å². The number of amides is 3. The second kappa shape index (κ2) is 8.01. The average molecular weight is 384 g/mol. The summed E-state index contributed by atoms with van der Waals surface area (Å²) in [7, 11) is 0. The molecule has 1 aromatic carbocycles. The quantitative estimate of drug-likeness (QED) is 0.657. The van der Waals surface area contributed by atoms with Gasteiger partial charge in [-0.15, -0.1) is 0 Å². The van der Waals surface area contributed by atoms with Crippen molar-refractivity contribution < 1.29 is 14.4 Å². The highest BCUT2D eigenvalue weighted by Crippen LogP contribution is 2.30. The number of nitrogens with zero attached hydrogens (tertiary/aromatic N) is 1. The highest BCUT2D eigenvalue weighted by Gasteiger charge is 2.39. The fourth-order valence-electron chi connectivity index (χ4n) is 4.62. The number of hydrogen-bond acceptors (Lipinski definition) is 5. The van der Waals surface area contributed by atoms with Crippen LogP contribution in [0.3, 0.4) is 0 Å². The van der Waals surface area contributed by atoms with E-state index < -0.39 is 6.04 Å². The van der Waals surface area contributed by atoms with Gasteiger partial charge in [0.05, 0.1) is 0 Å². The van der Waals surface area contributed by atoms with Crippen LogP contribution in [0.4, 0.5) is 0 Å². The van der Waals surface area contributed by atoms with E-state index in [4.69, 9.17) is 0 Å². The van der Waals surface area contributed by atoms with Gasteiger partial charge in [0.2, 0.25) is 11.8 Å². The first kappa shape index (κ1) is 19.1. The molecule has 2 unspecified atom stereocenters. The standard InChI is InChI=1S/C21H28N4O3/c1-13(14-7-9-22-10-8-14)23-11-15-3-2-4-16-12-25(21(28)19(15)16)17-5-6-18(26)24-20(17)27/h2-4,13-14,17,22-23H,5-12H2,1H3,(H,24,26,27). The molecule has 3 heterocycles. The minimum atomic E-state index is -0.563. The largest absolute Gasteiger partial charge is 0.322 e. The Kier molecular flexibility index (Phi) is 5.46.